The van der Waals surface area contributed by atoms with Crippen LogP contribution in [0, 0.1) is 5.92 Å². The molecule has 0 bridgehead atoms. The summed E-state index contributed by atoms with van der Waals surface area (Å²) in [5, 5.41) is 9.94. The third kappa shape index (κ3) is 7.78. The van der Waals surface area contributed by atoms with E-state index in [-0.39, 0.29) is 18.4 Å². The molecule has 4 aromatic rings. The van der Waals surface area contributed by atoms with Crippen LogP contribution in [0.5, 0.6) is 5.75 Å². The summed E-state index contributed by atoms with van der Waals surface area (Å²) in [5.74, 6) is -2.14. The first kappa shape index (κ1) is 36.1. The lowest BCUT2D eigenvalue weighted by Crippen LogP contribution is -2.57. The van der Waals surface area contributed by atoms with E-state index in [1.54, 1.807) is 26.0 Å². The lowest BCUT2D eigenvalue weighted by molar-refractivity contribution is -0.144. The van der Waals surface area contributed by atoms with E-state index >= 15 is 0 Å². The summed E-state index contributed by atoms with van der Waals surface area (Å²) in [6.45, 7) is 7.06. The zero-order valence-corrected chi connectivity index (χ0v) is 29.8. The van der Waals surface area contributed by atoms with Crippen LogP contribution in [0.2, 0.25) is 0 Å². The minimum absolute atomic E-state index is 0.0975. The molecule has 4 atom stereocenters. The molecule has 2 aliphatic rings. The van der Waals surface area contributed by atoms with Gasteiger partial charge in [-0.25, -0.2) is 9.59 Å². The minimum atomic E-state index is -0.996. The molecule has 0 spiro atoms. The Bertz CT molecular complexity index is 1950. The standard InChI is InChI=1S/C41H44N4O7/c1-24(2)36(40(49)52-29-20-19-27-12-5-6-13-28(27)22-29)44-38(47)35-18-11-21-45(35)39(48)26(4)42-37(46)25(3)43-41(50)51-23-34-32-16-9-7-14-30(32)31-15-8-10-17-33(31)34/h5-10,12-17,19-20,22,24-26,34-36H,11,18,21,23H2,1-4H3,(H,42,46)(H,43,50)(H,44,47). The van der Waals surface area contributed by atoms with E-state index in [2.05, 4.69) is 16.0 Å². The number of likely N-dealkylation sites (tertiary alicyclic amines) is 1. The number of nitrogens with one attached hydrogen (secondary N) is 3. The van der Waals surface area contributed by atoms with Crippen LogP contribution in [0.15, 0.2) is 91.0 Å². The van der Waals surface area contributed by atoms with Gasteiger partial charge in [-0.2, -0.15) is 0 Å². The zero-order chi connectivity index (χ0) is 36.9. The van der Waals surface area contributed by atoms with Crippen LogP contribution in [0.25, 0.3) is 21.9 Å². The predicted molar refractivity (Wildman–Crippen MR) is 196 cm³/mol. The van der Waals surface area contributed by atoms with E-state index in [0.29, 0.717) is 25.1 Å². The molecule has 11 heteroatoms. The molecule has 1 aliphatic heterocycles. The quantitative estimate of drug-likeness (QED) is 0.142. The van der Waals surface area contributed by atoms with Crippen molar-refractivity contribution in [3.05, 3.63) is 102 Å². The molecular weight excluding hydrogens is 660 g/mol. The number of carbonyl (C=O) groups excluding carboxylic acids is 5. The molecule has 4 aromatic carbocycles. The normalized spacial score (nSPS) is 16.7. The highest BCUT2D eigenvalue weighted by Gasteiger charge is 2.39. The summed E-state index contributed by atoms with van der Waals surface area (Å²) in [6.07, 6.45) is 0.235. The van der Waals surface area contributed by atoms with Crippen LogP contribution in [-0.2, 0) is 23.9 Å². The third-order valence-electron chi connectivity index (χ3n) is 9.80. The molecule has 270 valence electrons. The Morgan fingerprint density at radius 1 is 0.750 bits per heavy atom. The van der Waals surface area contributed by atoms with Crippen LogP contribution < -0.4 is 20.7 Å². The molecule has 11 nitrogen and oxygen atoms in total. The van der Waals surface area contributed by atoms with Crippen LogP contribution in [0.3, 0.4) is 0 Å². The van der Waals surface area contributed by atoms with Gasteiger partial charge in [0.25, 0.3) is 0 Å². The number of hydrogen-bond acceptors (Lipinski definition) is 7. The molecule has 0 saturated carbocycles. The lowest BCUT2D eigenvalue weighted by Gasteiger charge is -2.29. The first-order chi connectivity index (χ1) is 25.0. The van der Waals surface area contributed by atoms with Crippen molar-refractivity contribution in [3.8, 4) is 16.9 Å². The predicted octanol–water partition coefficient (Wildman–Crippen LogP) is 5.31. The summed E-state index contributed by atoms with van der Waals surface area (Å²) in [7, 11) is 0. The van der Waals surface area contributed by atoms with E-state index in [1.165, 1.54) is 18.7 Å². The van der Waals surface area contributed by atoms with Crippen molar-refractivity contribution >= 4 is 40.6 Å². The first-order valence-electron chi connectivity index (χ1n) is 17.7. The Balaban J connectivity index is 0.998. The molecular formula is C41H44N4O7. The van der Waals surface area contributed by atoms with Gasteiger partial charge in [-0.15, -0.1) is 0 Å². The van der Waals surface area contributed by atoms with Gasteiger partial charge < -0.3 is 30.3 Å². The van der Waals surface area contributed by atoms with Crippen molar-refractivity contribution in [2.45, 2.75) is 70.6 Å². The third-order valence-corrected chi connectivity index (χ3v) is 9.80. The second kappa shape index (κ2) is 15.7. The number of fused-ring (bicyclic) bond motifs is 4. The van der Waals surface area contributed by atoms with Gasteiger partial charge in [-0.1, -0.05) is 92.7 Å². The smallest absolute Gasteiger partial charge is 0.407 e. The number of esters is 1. The molecule has 1 fully saturated rings. The number of nitrogens with zero attached hydrogens (tertiary/aromatic N) is 1. The van der Waals surface area contributed by atoms with Gasteiger partial charge >= 0.3 is 12.1 Å². The number of carbonyl (C=O) groups is 5. The summed E-state index contributed by atoms with van der Waals surface area (Å²) in [5.41, 5.74) is 4.36. The maximum Gasteiger partial charge on any atom is 0.407 e. The van der Waals surface area contributed by atoms with Gasteiger partial charge in [0.1, 0.15) is 36.5 Å². The van der Waals surface area contributed by atoms with Crippen LogP contribution in [0.4, 0.5) is 4.79 Å². The number of alkyl carbamates (subject to hydrolysis) is 1. The maximum atomic E-state index is 13.5. The Kier molecular flexibility index (Phi) is 10.9. The second-order valence-corrected chi connectivity index (χ2v) is 13.8. The SMILES string of the molecule is CC(NC(=O)OCC1c2ccccc2-c2ccccc21)C(=O)NC(C)C(=O)N1CCCC1C(=O)NC(C(=O)Oc1ccc2ccccc2c1)C(C)C. The van der Waals surface area contributed by atoms with E-state index in [1.807, 2.05) is 78.9 Å². The average Bonchev–Trinajstić information content (AvgIpc) is 3.76. The molecule has 6 rings (SSSR count). The van der Waals surface area contributed by atoms with Crippen LogP contribution in [0.1, 0.15) is 57.6 Å². The van der Waals surface area contributed by atoms with E-state index < -0.39 is 54.0 Å². The molecule has 4 unspecified atom stereocenters. The van der Waals surface area contributed by atoms with Gasteiger partial charge in [0.2, 0.25) is 17.7 Å². The molecule has 3 N–H and O–H groups in total. The fourth-order valence-corrected chi connectivity index (χ4v) is 6.99. The monoisotopic (exact) mass is 704 g/mol. The highest BCUT2D eigenvalue weighted by atomic mass is 16.5. The summed E-state index contributed by atoms with van der Waals surface area (Å²) in [6, 6.07) is 25.3. The van der Waals surface area contributed by atoms with Crippen molar-refractivity contribution in [1.29, 1.82) is 0 Å². The van der Waals surface area contributed by atoms with Gasteiger partial charge in [-0.3, -0.25) is 14.4 Å². The van der Waals surface area contributed by atoms with Crippen molar-refractivity contribution in [2.75, 3.05) is 13.2 Å². The molecule has 0 aromatic heterocycles. The van der Waals surface area contributed by atoms with Crippen molar-refractivity contribution < 1.29 is 33.4 Å². The number of amides is 4. The lowest BCUT2D eigenvalue weighted by atomic mass is 9.98. The Hall–Kier alpha value is -5.71. The van der Waals surface area contributed by atoms with Crippen molar-refractivity contribution in [2.24, 2.45) is 5.92 Å². The molecule has 0 radical (unpaired) electrons. The molecule has 1 saturated heterocycles. The highest BCUT2D eigenvalue weighted by molar-refractivity contribution is 5.95. The van der Waals surface area contributed by atoms with E-state index in [4.69, 9.17) is 9.47 Å². The summed E-state index contributed by atoms with van der Waals surface area (Å²) < 4.78 is 11.2. The van der Waals surface area contributed by atoms with Gasteiger partial charge in [-0.05, 0) is 77.8 Å². The van der Waals surface area contributed by atoms with E-state index in [0.717, 1.165) is 33.0 Å². The Morgan fingerprint density at radius 2 is 1.38 bits per heavy atom. The van der Waals surface area contributed by atoms with Gasteiger partial charge in [0, 0.05) is 12.5 Å². The second-order valence-electron chi connectivity index (χ2n) is 13.8. The zero-order valence-electron chi connectivity index (χ0n) is 29.8. The average molecular weight is 705 g/mol. The maximum absolute atomic E-state index is 13.5. The van der Waals surface area contributed by atoms with Crippen LogP contribution in [-0.4, -0.2) is 72.0 Å². The molecule has 1 heterocycles. The Morgan fingerprint density at radius 3 is 2.06 bits per heavy atom. The number of benzene rings is 4. The van der Waals surface area contributed by atoms with Gasteiger partial charge in [0.05, 0.1) is 0 Å². The number of rotatable bonds is 11. The number of hydrogen-bond donors (Lipinski definition) is 3. The van der Waals surface area contributed by atoms with Crippen LogP contribution >= 0.6 is 0 Å². The van der Waals surface area contributed by atoms with Crippen molar-refractivity contribution in [3.63, 3.8) is 0 Å². The molecule has 52 heavy (non-hydrogen) atoms. The largest absolute Gasteiger partial charge is 0.449 e. The molecule has 4 amide bonds. The Labute approximate surface area is 303 Å². The highest BCUT2D eigenvalue weighted by Crippen LogP contribution is 2.44. The van der Waals surface area contributed by atoms with Gasteiger partial charge in [0.15, 0.2) is 0 Å². The summed E-state index contributed by atoms with van der Waals surface area (Å²) in [4.78, 5) is 67.5. The molecule has 1 aliphatic carbocycles. The minimum Gasteiger partial charge on any atom is -0.449 e. The number of ether oxygens (including phenoxy) is 2. The summed E-state index contributed by atoms with van der Waals surface area (Å²) >= 11 is 0. The first-order valence-corrected chi connectivity index (χ1v) is 17.7. The van der Waals surface area contributed by atoms with Crippen molar-refractivity contribution in [1.82, 2.24) is 20.9 Å². The fourth-order valence-electron chi connectivity index (χ4n) is 6.99. The van der Waals surface area contributed by atoms with E-state index in [9.17, 15) is 24.0 Å². The topological polar surface area (TPSA) is 143 Å². The fraction of sp³-hybridized carbons (Fsp3) is 0.341.